The molecule has 4 heteroatoms. The Bertz CT molecular complexity index is 763. The van der Waals surface area contributed by atoms with Crippen molar-refractivity contribution in [1.29, 1.82) is 0 Å². The molecule has 0 spiro atoms. The number of nitrogens with zero attached hydrogens (tertiary/aromatic N) is 2. The molecule has 21 heavy (non-hydrogen) atoms. The third-order valence-corrected chi connectivity index (χ3v) is 4.01. The highest BCUT2D eigenvalue weighted by Crippen LogP contribution is 2.25. The second-order valence-electron chi connectivity index (χ2n) is 4.94. The quantitative estimate of drug-likeness (QED) is 0.767. The van der Waals surface area contributed by atoms with Gasteiger partial charge >= 0.3 is 0 Å². The summed E-state index contributed by atoms with van der Waals surface area (Å²) < 4.78 is 3.15. The maximum absolute atomic E-state index is 9.96. The second kappa shape index (κ2) is 5.74. The van der Waals surface area contributed by atoms with Crippen LogP contribution in [0.5, 0.6) is 5.75 Å². The number of para-hydroxylation sites is 1. The Hall–Kier alpha value is -2.07. The number of imidazole rings is 1. The Kier molecular flexibility index (Phi) is 3.80. The zero-order valence-corrected chi connectivity index (χ0v) is 13.2. The molecule has 0 aliphatic carbocycles. The van der Waals surface area contributed by atoms with Gasteiger partial charge in [-0.15, -0.1) is 0 Å². The van der Waals surface area contributed by atoms with E-state index in [2.05, 4.69) is 25.5 Å². The number of hydrogen-bond donors (Lipinski definition) is 1. The summed E-state index contributed by atoms with van der Waals surface area (Å²) in [6, 6.07) is 15.5. The summed E-state index contributed by atoms with van der Waals surface area (Å²) in [5.41, 5.74) is 3.01. The van der Waals surface area contributed by atoms with Crippen LogP contribution in [0.4, 0.5) is 0 Å². The summed E-state index contributed by atoms with van der Waals surface area (Å²) in [4.78, 5) is 4.51. The Morgan fingerprint density at radius 3 is 2.52 bits per heavy atom. The van der Waals surface area contributed by atoms with E-state index in [1.165, 1.54) is 0 Å². The molecule has 0 atom stereocenters. The molecule has 106 valence electrons. The molecule has 0 fully saturated rings. The van der Waals surface area contributed by atoms with E-state index < -0.39 is 0 Å². The Morgan fingerprint density at radius 2 is 1.81 bits per heavy atom. The van der Waals surface area contributed by atoms with E-state index in [9.17, 15) is 5.11 Å². The van der Waals surface area contributed by atoms with Gasteiger partial charge in [0.15, 0.2) is 0 Å². The summed E-state index contributed by atoms with van der Waals surface area (Å²) in [5, 5.41) is 9.96. The van der Waals surface area contributed by atoms with Gasteiger partial charge in [-0.2, -0.15) is 0 Å². The van der Waals surface area contributed by atoms with Gasteiger partial charge in [0.2, 0.25) is 0 Å². The molecule has 0 saturated carbocycles. The normalized spacial score (nSPS) is 10.8. The van der Waals surface area contributed by atoms with Crippen molar-refractivity contribution in [3.8, 4) is 17.1 Å². The molecular formula is C17H15BrN2O. The molecule has 3 rings (SSSR count). The molecule has 0 saturated heterocycles. The van der Waals surface area contributed by atoms with Crippen molar-refractivity contribution in [2.45, 2.75) is 13.5 Å². The van der Waals surface area contributed by atoms with E-state index in [-0.39, 0.29) is 0 Å². The number of halogens is 1. The van der Waals surface area contributed by atoms with Gasteiger partial charge in [-0.05, 0) is 25.1 Å². The van der Waals surface area contributed by atoms with Gasteiger partial charge in [-0.1, -0.05) is 46.3 Å². The minimum absolute atomic E-state index is 0.312. The lowest BCUT2D eigenvalue weighted by atomic mass is 10.1. The summed E-state index contributed by atoms with van der Waals surface area (Å²) >= 11 is 3.44. The van der Waals surface area contributed by atoms with Gasteiger partial charge in [0.25, 0.3) is 0 Å². The maximum Gasteiger partial charge on any atom is 0.140 e. The molecule has 1 N–H and O–H groups in total. The first-order valence-corrected chi connectivity index (χ1v) is 7.49. The number of rotatable bonds is 3. The molecule has 2 aromatic carbocycles. The van der Waals surface area contributed by atoms with Gasteiger partial charge in [-0.25, -0.2) is 4.98 Å². The number of hydrogen-bond acceptors (Lipinski definition) is 2. The molecule has 1 heterocycles. The molecule has 0 amide bonds. The van der Waals surface area contributed by atoms with Crippen LogP contribution < -0.4 is 0 Å². The van der Waals surface area contributed by atoms with Crippen molar-refractivity contribution >= 4 is 15.9 Å². The lowest BCUT2D eigenvalue weighted by Crippen LogP contribution is -2.04. The van der Waals surface area contributed by atoms with Crippen molar-refractivity contribution in [2.75, 3.05) is 0 Å². The van der Waals surface area contributed by atoms with Crippen LogP contribution in [-0.4, -0.2) is 14.7 Å². The van der Waals surface area contributed by atoms with Crippen molar-refractivity contribution in [3.63, 3.8) is 0 Å². The molecular weight excluding hydrogens is 328 g/mol. The lowest BCUT2D eigenvalue weighted by molar-refractivity contribution is 0.466. The second-order valence-corrected chi connectivity index (χ2v) is 5.86. The SMILES string of the molecule is Cc1cnc(-c2ccc(Br)cc2)n1Cc1ccccc1O. The predicted octanol–water partition coefficient (Wildman–Crippen LogP) is 4.37. The van der Waals surface area contributed by atoms with Crippen molar-refractivity contribution in [2.24, 2.45) is 0 Å². The van der Waals surface area contributed by atoms with Crippen molar-refractivity contribution in [1.82, 2.24) is 9.55 Å². The molecule has 0 bridgehead atoms. The molecule has 0 unspecified atom stereocenters. The highest BCUT2D eigenvalue weighted by atomic mass is 79.9. The van der Waals surface area contributed by atoms with E-state index >= 15 is 0 Å². The van der Waals surface area contributed by atoms with Crippen LogP contribution in [-0.2, 0) is 6.54 Å². The van der Waals surface area contributed by atoms with E-state index in [4.69, 9.17) is 0 Å². The Morgan fingerprint density at radius 1 is 1.10 bits per heavy atom. The van der Waals surface area contributed by atoms with Gasteiger partial charge in [0, 0.05) is 27.5 Å². The van der Waals surface area contributed by atoms with Gasteiger partial charge < -0.3 is 9.67 Å². The first-order chi connectivity index (χ1) is 10.1. The fourth-order valence-electron chi connectivity index (χ4n) is 2.30. The van der Waals surface area contributed by atoms with Crippen LogP contribution >= 0.6 is 15.9 Å². The van der Waals surface area contributed by atoms with Crippen LogP contribution in [0.2, 0.25) is 0 Å². The van der Waals surface area contributed by atoms with Crippen LogP contribution in [0.1, 0.15) is 11.3 Å². The highest BCUT2D eigenvalue weighted by Gasteiger charge is 2.11. The van der Waals surface area contributed by atoms with Crippen LogP contribution in [0.25, 0.3) is 11.4 Å². The van der Waals surface area contributed by atoms with E-state index in [0.717, 1.165) is 27.1 Å². The number of aromatic hydroxyl groups is 1. The van der Waals surface area contributed by atoms with Crippen LogP contribution in [0.15, 0.2) is 59.2 Å². The number of benzene rings is 2. The van der Waals surface area contributed by atoms with E-state index in [1.54, 1.807) is 6.07 Å². The van der Waals surface area contributed by atoms with Crippen LogP contribution in [0, 0.1) is 6.92 Å². The standard InChI is InChI=1S/C17H15BrN2O/c1-12-10-19-17(13-6-8-15(18)9-7-13)20(12)11-14-4-2-3-5-16(14)21/h2-10,21H,11H2,1H3. The lowest BCUT2D eigenvalue weighted by Gasteiger charge is -2.11. The van der Waals surface area contributed by atoms with E-state index in [0.29, 0.717) is 12.3 Å². The third-order valence-electron chi connectivity index (χ3n) is 3.48. The third kappa shape index (κ3) is 2.85. The molecule has 0 radical (unpaired) electrons. The molecule has 3 aromatic rings. The Labute approximate surface area is 132 Å². The fourth-order valence-corrected chi connectivity index (χ4v) is 2.57. The molecule has 0 aliphatic rings. The van der Waals surface area contributed by atoms with Crippen molar-refractivity contribution in [3.05, 3.63) is 70.5 Å². The van der Waals surface area contributed by atoms with E-state index in [1.807, 2.05) is 55.6 Å². The number of phenolic OH excluding ortho intramolecular Hbond substituents is 1. The van der Waals surface area contributed by atoms with Crippen molar-refractivity contribution < 1.29 is 5.11 Å². The first-order valence-electron chi connectivity index (χ1n) is 6.70. The van der Waals surface area contributed by atoms with Gasteiger partial charge in [0.1, 0.15) is 11.6 Å². The summed E-state index contributed by atoms with van der Waals surface area (Å²) in [7, 11) is 0. The summed E-state index contributed by atoms with van der Waals surface area (Å²) in [5.74, 6) is 1.22. The molecule has 0 aliphatic heterocycles. The Balaban J connectivity index is 2.01. The summed E-state index contributed by atoms with van der Waals surface area (Å²) in [6.45, 7) is 2.62. The van der Waals surface area contributed by atoms with Gasteiger partial charge in [-0.3, -0.25) is 0 Å². The monoisotopic (exact) mass is 342 g/mol. The smallest absolute Gasteiger partial charge is 0.140 e. The number of phenols is 1. The minimum atomic E-state index is 0.312. The first kappa shape index (κ1) is 13.9. The largest absolute Gasteiger partial charge is 0.508 e. The summed E-state index contributed by atoms with van der Waals surface area (Å²) in [6.07, 6.45) is 1.86. The van der Waals surface area contributed by atoms with Crippen LogP contribution in [0.3, 0.4) is 0 Å². The zero-order chi connectivity index (χ0) is 14.8. The maximum atomic E-state index is 9.96. The van der Waals surface area contributed by atoms with Gasteiger partial charge in [0.05, 0.1) is 6.54 Å². The number of aryl methyl sites for hydroxylation is 1. The highest BCUT2D eigenvalue weighted by molar-refractivity contribution is 9.10. The minimum Gasteiger partial charge on any atom is -0.508 e. The molecule has 3 nitrogen and oxygen atoms in total. The average molecular weight is 343 g/mol. The zero-order valence-electron chi connectivity index (χ0n) is 11.6. The fraction of sp³-hybridized carbons (Fsp3) is 0.118. The average Bonchev–Trinajstić information content (AvgIpc) is 2.84. The number of aromatic nitrogens is 2. The molecule has 1 aromatic heterocycles. The predicted molar refractivity (Wildman–Crippen MR) is 87.3 cm³/mol. The topological polar surface area (TPSA) is 38.0 Å².